The first-order chi connectivity index (χ1) is 13.0. The molecule has 0 bridgehead atoms. The average molecular weight is 375 g/mol. The predicted octanol–water partition coefficient (Wildman–Crippen LogP) is 3.35. The fourth-order valence-electron chi connectivity index (χ4n) is 2.36. The number of ether oxygens (including phenoxy) is 2. The lowest BCUT2D eigenvalue weighted by Crippen LogP contribution is -2.23. The van der Waals surface area contributed by atoms with Crippen molar-refractivity contribution in [2.45, 2.75) is 46.5 Å². The lowest BCUT2D eigenvalue weighted by molar-refractivity contribution is 0.332. The largest absolute Gasteiger partial charge is 0.494 e. The van der Waals surface area contributed by atoms with Crippen molar-refractivity contribution in [1.82, 2.24) is 10.1 Å². The molecule has 0 aliphatic carbocycles. The number of rotatable bonds is 10. The third-order valence-corrected chi connectivity index (χ3v) is 3.66. The molecule has 8 nitrogen and oxygen atoms in total. The lowest BCUT2D eigenvalue weighted by Gasteiger charge is -2.13. The Morgan fingerprint density at radius 3 is 2.70 bits per heavy atom. The Labute approximate surface area is 160 Å². The number of aryl methyl sites for hydroxylation is 1. The molecule has 0 fully saturated rings. The summed E-state index contributed by atoms with van der Waals surface area (Å²) >= 11 is 0. The Kier molecular flexibility index (Phi) is 7.91. The van der Waals surface area contributed by atoms with E-state index in [-0.39, 0.29) is 5.92 Å². The van der Waals surface area contributed by atoms with Gasteiger partial charge in [0.2, 0.25) is 5.89 Å². The summed E-state index contributed by atoms with van der Waals surface area (Å²) in [6.45, 7) is 9.62. The van der Waals surface area contributed by atoms with Crippen LogP contribution in [0.5, 0.6) is 11.5 Å². The van der Waals surface area contributed by atoms with E-state index in [2.05, 4.69) is 20.4 Å². The fourth-order valence-corrected chi connectivity index (χ4v) is 2.36. The molecule has 27 heavy (non-hydrogen) atoms. The predicted molar refractivity (Wildman–Crippen MR) is 106 cm³/mol. The van der Waals surface area contributed by atoms with Crippen molar-refractivity contribution >= 4 is 11.6 Å². The molecule has 0 saturated carbocycles. The normalized spacial score (nSPS) is 11.7. The molecule has 0 spiro atoms. The molecule has 2 rings (SSSR count). The summed E-state index contributed by atoms with van der Waals surface area (Å²) < 4.78 is 16.4. The van der Waals surface area contributed by atoms with Crippen LogP contribution >= 0.6 is 0 Å². The summed E-state index contributed by atoms with van der Waals surface area (Å²) in [7, 11) is 0. The zero-order valence-corrected chi connectivity index (χ0v) is 16.5. The maximum Gasteiger partial charge on any atom is 0.226 e. The van der Waals surface area contributed by atoms with Crippen molar-refractivity contribution in [2.75, 3.05) is 25.1 Å². The van der Waals surface area contributed by atoms with E-state index >= 15 is 0 Å². The highest BCUT2D eigenvalue weighted by Crippen LogP contribution is 2.29. The molecule has 0 amide bonds. The molecular weight excluding hydrogens is 346 g/mol. The van der Waals surface area contributed by atoms with Crippen LogP contribution in [0.2, 0.25) is 0 Å². The lowest BCUT2D eigenvalue weighted by atomic mass is 10.2. The van der Waals surface area contributed by atoms with Gasteiger partial charge in [0.15, 0.2) is 11.8 Å². The summed E-state index contributed by atoms with van der Waals surface area (Å²) in [5.41, 5.74) is 6.73. The fraction of sp³-hybridized carbons (Fsp3) is 0.526. The summed E-state index contributed by atoms with van der Waals surface area (Å²) in [5, 5.41) is 7.03. The second kappa shape index (κ2) is 10.4. The molecule has 0 saturated heterocycles. The maximum atomic E-state index is 6.01. The van der Waals surface area contributed by atoms with Crippen molar-refractivity contribution in [1.29, 1.82) is 0 Å². The number of benzene rings is 1. The van der Waals surface area contributed by atoms with Gasteiger partial charge in [-0.25, -0.2) is 0 Å². The number of hydrogen-bond acceptors (Lipinski definition) is 6. The zero-order chi connectivity index (χ0) is 19.6. The van der Waals surface area contributed by atoms with Crippen molar-refractivity contribution in [3.63, 3.8) is 0 Å². The Balaban J connectivity index is 1.90. The van der Waals surface area contributed by atoms with E-state index in [0.29, 0.717) is 43.8 Å². The van der Waals surface area contributed by atoms with Crippen LogP contribution in [-0.2, 0) is 6.42 Å². The van der Waals surface area contributed by atoms with Gasteiger partial charge in [0, 0.05) is 24.9 Å². The van der Waals surface area contributed by atoms with Gasteiger partial charge in [-0.2, -0.15) is 4.98 Å². The van der Waals surface area contributed by atoms with E-state index < -0.39 is 0 Å². The van der Waals surface area contributed by atoms with E-state index in [4.69, 9.17) is 19.7 Å². The molecule has 1 aromatic heterocycles. The second-order valence-electron chi connectivity index (χ2n) is 6.22. The molecule has 0 aliphatic heterocycles. The quantitative estimate of drug-likeness (QED) is 0.372. The van der Waals surface area contributed by atoms with Gasteiger partial charge in [0.25, 0.3) is 0 Å². The van der Waals surface area contributed by atoms with E-state index in [0.717, 1.165) is 23.7 Å². The summed E-state index contributed by atoms with van der Waals surface area (Å²) in [5.74, 6) is 3.38. The number of hydrogen-bond donors (Lipinski definition) is 2. The van der Waals surface area contributed by atoms with Crippen molar-refractivity contribution < 1.29 is 14.0 Å². The second-order valence-corrected chi connectivity index (χ2v) is 6.22. The molecule has 0 atom stereocenters. The molecule has 0 aliphatic rings. The Morgan fingerprint density at radius 1 is 1.26 bits per heavy atom. The molecule has 148 valence electrons. The van der Waals surface area contributed by atoms with Crippen LogP contribution in [0.25, 0.3) is 0 Å². The smallest absolute Gasteiger partial charge is 0.226 e. The van der Waals surface area contributed by atoms with Crippen molar-refractivity contribution in [3.8, 4) is 11.5 Å². The minimum atomic E-state index is 0.257. The summed E-state index contributed by atoms with van der Waals surface area (Å²) in [4.78, 5) is 8.70. The van der Waals surface area contributed by atoms with Crippen molar-refractivity contribution in [2.24, 2.45) is 10.7 Å². The molecule has 0 radical (unpaired) electrons. The zero-order valence-electron chi connectivity index (χ0n) is 16.5. The highest BCUT2D eigenvalue weighted by atomic mass is 16.5. The van der Waals surface area contributed by atoms with E-state index in [1.54, 1.807) is 0 Å². The SMILES string of the molecule is CCOc1ccc(OCC)c(NC(N)=NCCCc2nc(C(C)C)no2)c1. The first-order valence-corrected chi connectivity index (χ1v) is 9.32. The Hall–Kier alpha value is -2.77. The summed E-state index contributed by atoms with van der Waals surface area (Å²) in [6.07, 6.45) is 1.43. The highest BCUT2D eigenvalue weighted by Gasteiger charge is 2.09. The minimum Gasteiger partial charge on any atom is -0.494 e. The molecule has 2 aromatic rings. The minimum absolute atomic E-state index is 0.257. The standard InChI is InChI=1S/C19H29N5O3/c1-5-25-14-9-10-16(26-6-2)15(12-14)22-19(20)21-11-7-8-17-23-18(13(3)4)24-27-17/h9-10,12-13H,5-8,11H2,1-4H3,(H3,20,21,22). The third kappa shape index (κ3) is 6.47. The van der Waals surface area contributed by atoms with Crippen LogP contribution in [0.3, 0.4) is 0 Å². The number of aliphatic imine (C=N–C) groups is 1. The Bertz CT molecular complexity index is 743. The average Bonchev–Trinajstić information content (AvgIpc) is 3.11. The van der Waals surface area contributed by atoms with Crippen LogP contribution in [0.4, 0.5) is 5.69 Å². The van der Waals surface area contributed by atoms with E-state index in [1.165, 1.54) is 0 Å². The number of aromatic nitrogens is 2. The van der Waals surface area contributed by atoms with Crippen LogP contribution in [-0.4, -0.2) is 35.9 Å². The first-order valence-electron chi connectivity index (χ1n) is 9.32. The summed E-state index contributed by atoms with van der Waals surface area (Å²) in [6, 6.07) is 5.57. The van der Waals surface area contributed by atoms with Crippen LogP contribution in [0, 0.1) is 0 Å². The van der Waals surface area contributed by atoms with Crippen LogP contribution in [0.1, 0.15) is 51.7 Å². The highest BCUT2D eigenvalue weighted by molar-refractivity contribution is 5.94. The molecule has 0 unspecified atom stereocenters. The topological polar surface area (TPSA) is 108 Å². The number of nitrogens with one attached hydrogen (secondary N) is 1. The Morgan fingerprint density at radius 2 is 2.04 bits per heavy atom. The van der Waals surface area contributed by atoms with Gasteiger partial charge in [-0.15, -0.1) is 0 Å². The van der Waals surface area contributed by atoms with E-state index in [9.17, 15) is 0 Å². The molecule has 1 heterocycles. The van der Waals surface area contributed by atoms with Gasteiger partial charge in [-0.1, -0.05) is 19.0 Å². The number of nitrogens with two attached hydrogens (primary N) is 1. The van der Waals surface area contributed by atoms with Gasteiger partial charge in [0.05, 0.1) is 18.9 Å². The van der Waals surface area contributed by atoms with Gasteiger partial charge in [-0.3, -0.25) is 4.99 Å². The van der Waals surface area contributed by atoms with Crippen molar-refractivity contribution in [3.05, 3.63) is 29.9 Å². The molecule has 1 aromatic carbocycles. The van der Waals surface area contributed by atoms with Crippen LogP contribution < -0.4 is 20.5 Å². The van der Waals surface area contributed by atoms with E-state index in [1.807, 2.05) is 45.9 Å². The van der Waals surface area contributed by atoms with Crippen LogP contribution in [0.15, 0.2) is 27.7 Å². The number of nitrogens with zero attached hydrogens (tertiary/aromatic N) is 3. The molecular formula is C19H29N5O3. The molecule has 3 N–H and O–H groups in total. The monoisotopic (exact) mass is 375 g/mol. The van der Waals surface area contributed by atoms with Gasteiger partial charge in [0.1, 0.15) is 11.5 Å². The van der Waals surface area contributed by atoms with Gasteiger partial charge < -0.3 is 25.0 Å². The number of guanidine groups is 1. The number of anilines is 1. The maximum absolute atomic E-state index is 6.01. The van der Waals surface area contributed by atoms with Gasteiger partial charge >= 0.3 is 0 Å². The third-order valence-electron chi connectivity index (χ3n) is 3.66. The first kappa shape index (κ1) is 20.5. The van der Waals surface area contributed by atoms with Gasteiger partial charge in [-0.05, 0) is 32.4 Å². The molecule has 8 heteroatoms.